The maximum Gasteiger partial charge on any atom is 0.274 e. The maximum atomic E-state index is 13.9. The van der Waals surface area contributed by atoms with Crippen molar-refractivity contribution >= 4 is 39.7 Å². The molecule has 0 unspecified atom stereocenters. The van der Waals surface area contributed by atoms with Crippen LogP contribution in [0.5, 0.6) is 0 Å². The molecule has 0 saturated carbocycles. The zero-order valence-corrected chi connectivity index (χ0v) is 17.8. The largest absolute Gasteiger partial charge is 0.318 e. The van der Waals surface area contributed by atoms with Gasteiger partial charge in [-0.1, -0.05) is 11.6 Å². The molecule has 0 atom stereocenters. The predicted octanol–water partition coefficient (Wildman–Crippen LogP) is 5.28. The van der Waals surface area contributed by atoms with Crippen LogP contribution in [0.25, 0.3) is 5.69 Å². The fourth-order valence-corrected chi connectivity index (χ4v) is 3.35. The second-order valence-electron chi connectivity index (χ2n) is 6.27. The Morgan fingerprint density at radius 1 is 1.28 bits per heavy atom. The fourth-order valence-electron chi connectivity index (χ4n) is 2.93. The molecule has 1 aromatic heterocycles. The highest BCUT2D eigenvalue weighted by Gasteiger charge is 2.13. The Morgan fingerprint density at radius 3 is 2.69 bits per heavy atom. The summed E-state index contributed by atoms with van der Waals surface area (Å²) in [6.45, 7) is 3.87. The molecule has 1 N–H and O–H groups in total. The highest BCUT2D eigenvalue weighted by Crippen LogP contribution is 2.27. The smallest absolute Gasteiger partial charge is 0.274 e. The normalized spacial score (nSPS) is 10.9. The minimum Gasteiger partial charge on any atom is -0.318 e. The molecule has 0 spiro atoms. The first-order chi connectivity index (χ1) is 13.8. The Morgan fingerprint density at radius 2 is 2.03 bits per heavy atom. The first-order valence-electron chi connectivity index (χ1n) is 8.49. The molecule has 3 rings (SSSR count). The molecule has 2 aromatic carbocycles. The Balaban J connectivity index is 1.80. The lowest BCUT2D eigenvalue weighted by Gasteiger charge is -2.10. The Kier molecular flexibility index (Phi) is 6.16. The number of hydrogen-bond acceptors (Lipinski definition) is 3. The van der Waals surface area contributed by atoms with Crippen molar-refractivity contribution in [2.75, 3.05) is 0 Å². The molecule has 29 heavy (non-hydrogen) atoms. The number of halogens is 3. The van der Waals surface area contributed by atoms with Crippen LogP contribution in [0.15, 0.2) is 52.0 Å². The summed E-state index contributed by atoms with van der Waals surface area (Å²) in [5.41, 5.74) is 5.83. The third-order valence-corrected chi connectivity index (χ3v) is 5.58. The average molecular weight is 474 g/mol. The number of hydrogen-bond donors (Lipinski definition) is 1. The van der Waals surface area contributed by atoms with Crippen molar-refractivity contribution in [2.45, 2.75) is 13.8 Å². The summed E-state index contributed by atoms with van der Waals surface area (Å²) in [4.78, 5) is 12.1. The second-order valence-corrected chi connectivity index (χ2v) is 7.53. The van der Waals surface area contributed by atoms with Crippen molar-refractivity contribution in [1.82, 2.24) is 9.99 Å². The van der Waals surface area contributed by atoms with Gasteiger partial charge in [-0.3, -0.25) is 4.79 Å². The number of amides is 1. The third-order valence-electron chi connectivity index (χ3n) is 4.34. The molecule has 0 aliphatic heterocycles. The summed E-state index contributed by atoms with van der Waals surface area (Å²) >= 11 is 9.58. The molecule has 0 radical (unpaired) electrons. The lowest BCUT2D eigenvalue weighted by Crippen LogP contribution is -2.19. The van der Waals surface area contributed by atoms with Gasteiger partial charge in [0.25, 0.3) is 5.91 Å². The van der Waals surface area contributed by atoms with Crippen LogP contribution in [0.3, 0.4) is 0 Å². The third kappa shape index (κ3) is 4.39. The molecule has 8 heteroatoms. The van der Waals surface area contributed by atoms with Crippen LogP contribution in [0.4, 0.5) is 4.39 Å². The standard InChI is InChI=1S/C21H15BrClFN4O/c1-12-7-15(13(2)28(12)16-4-6-18(22)19(23)9-16)11-26-27-21(29)17-5-3-14(10-25)8-20(17)24/h3-9,11H,1-2H3,(H,27,29)/b26-11+. The summed E-state index contributed by atoms with van der Waals surface area (Å²) in [5, 5.41) is 13.3. The average Bonchev–Trinajstić information content (AvgIpc) is 2.97. The summed E-state index contributed by atoms with van der Waals surface area (Å²) in [6, 6.07) is 13.0. The molecule has 0 fully saturated rings. The van der Waals surface area contributed by atoms with E-state index >= 15 is 0 Å². The summed E-state index contributed by atoms with van der Waals surface area (Å²) < 4.78 is 16.8. The zero-order valence-electron chi connectivity index (χ0n) is 15.5. The molecule has 0 saturated heterocycles. The fraction of sp³-hybridized carbons (Fsp3) is 0.0952. The van der Waals surface area contributed by atoms with Gasteiger partial charge in [0.05, 0.1) is 28.4 Å². The van der Waals surface area contributed by atoms with E-state index in [0.29, 0.717) is 5.02 Å². The molecule has 1 heterocycles. The van der Waals surface area contributed by atoms with E-state index in [0.717, 1.165) is 33.2 Å². The van der Waals surface area contributed by atoms with Crippen LogP contribution in [0.1, 0.15) is 32.9 Å². The summed E-state index contributed by atoms with van der Waals surface area (Å²) in [5.74, 6) is -1.47. The van der Waals surface area contributed by atoms with Gasteiger partial charge in [-0.05, 0) is 72.2 Å². The molecular weight excluding hydrogens is 459 g/mol. The van der Waals surface area contributed by atoms with E-state index in [2.05, 4.69) is 26.5 Å². The quantitative estimate of drug-likeness (QED) is 0.413. The highest BCUT2D eigenvalue weighted by atomic mass is 79.9. The first kappa shape index (κ1) is 20.8. The molecule has 3 aromatic rings. The highest BCUT2D eigenvalue weighted by molar-refractivity contribution is 9.10. The topological polar surface area (TPSA) is 70.2 Å². The molecular formula is C21H15BrClFN4O. The number of carbonyl (C=O) groups excluding carboxylic acids is 1. The number of rotatable bonds is 4. The Labute approximate surface area is 180 Å². The van der Waals surface area contributed by atoms with Crippen molar-refractivity contribution in [1.29, 1.82) is 5.26 Å². The number of nitriles is 1. The van der Waals surface area contributed by atoms with E-state index in [1.54, 1.807) is 0 Å². The van der Waals surface area contributed by atoms with E-state index in [1.165, 1.54) is 18.3 Å². The second kappa shape index (κ2) is 8.60. The van der Waals surface area contributed by atoms with Crippen LogP contribution in [0, 0.1) is 31.0 Å². The lowest BCUT2D eigenvalue weighted by molar-refractivity contribution is 0.0951. The van der Waals surface area contributed by atoms with E-state index in [9.17, 15) is 9.18 Å². The van der Waals surface area contributed by atoms with Gasteiger partial charge in [-0.25, -0.2) is 9.82 Å². The van der Waals surface area contributed by atoms with Crippen molar-refractivity contribution in [2.24, 2.45) is 5.10 Å². The number of nitrogens with zero attached hydrogens (tertiary/aromatic N) is 3. The minimum absolute atomic E-state index is 0.142. The van der Waals surface area contributed by atoms with Crippen molar-refractivity contribution < 1.29 is 9.18 Å². The molecule has 0 aliphatic rings. The van der Waals surface area contributed by atoms with Crippen LogP contribution >= 0.6 is 27.5 Å². The first-order valence-corrected chi connectivity index (χ1v) is 9.66. The maximum absolute atomic E-state index is 13.9. The number of hydrazone groups is 1. The van der Waals surface area contributed by atoms with Crippen LogP contribution in [-0.4, -0.2) is 16.7 Å². The number of benzene rings is 2. The summed E-state index contributed by atoms with van der Waals surface area (Å²) in [6.07, 6.45) is 1.50. The van der Waals surface area contributed by atoms with E-state index in [4.69, 9.17) is 16.9 Å². The molecule has 5 nitrogen and oxygen atoms in total. The zero-order chi connectivity index (χ0) is 21.1. The SMILES string of the molecule is Cc1cc(/C=N/NC(=O)c2ccc(C#N)cc2F)c(C)n1-c1ccc(Br)c(Cl)c1. The van der Waals surface area contributed by atoms with Gasteiger partial charge in [0.1, 0.15) is 5.82 Å². The Hall–Kier alpha value is -2.95. The monoisotopic (exact) mass is 472 g/mol. The predicted molar refractivity (Wildman–Crippen MR) is 114 cm³/mol. The lowest BCUT2D eigenvalue weighted by atomic mass is 10.1. The van der Waals surface area contributed by atoms with Crippen LogP contribution in [-0.2, 0) is 0 Å². The summed E-state index contributed by atoms with van der Waals surface area (Å²) in [7, 11) is 0. The molecule has 0 bridgehead atoms. The Bertz CT molecular complexity index is 1180. The van der Waals surface area contributed by atoms with Crippen LogP contribution in [0.2, 0.25) is 5.02 Å². The van der Waals surface area contributed by atoms with Gasteiger partial charge in [0.2, 0.25) is 0 Å². The number of aryl methyl sites for hydroxylation is 1. The van der Waals surface area contributed by atoms with Gasteiger partial charge in [-0.15, -0.1) is 0 Å². The van der Waals surface area contributed by atoms with Gasteiger partial charge >= 0.3 is 0 Å². The van der Waals surface area contributed by atoms with Gasteiger partial charge in [0, 0.05) is 27.1 Å². The molecule has 146 valence electrons. The van der Waals surface area contributed by atoms with Gasteiger partial charge in [-0.2, -0.15) is 10.4 Å². The number of nitrogens with one attached hydrogen (secondary N) is 1. The van der Waals surface area contributed by atoms with E-state index in [-0.39, 0.29) is 11.1 Å². The number of carbonyl (C=O) groups is 1. The van der Waals surface area contributed by atoms with Crippen LogP contribution < -0.4 is 5.43 Å². The molecule has 0 aliphatic carbocycles. The van der Waals surface area contributed by atoms with E-state index < -0.39 is 11.7 Å². The van der Waals surface area contributed by atoms with Crippen molar-refractivity contribution in [3.63, 3.8) is 0 Å². The van der Waals surface area contributed by atoms with E-state index in [1.807, 2.05) is 48.7 Å². The van der Waals surface area contributed by atoms with Gasteiger partial charge in [0.15, 0.2) is 0 Å². The molecule has 1 amide bonds. The van der Waals surface area contributed by atoms with Gasteiger partial charge < -0.3 is 4.57 Å². The minimum atomic E-state index is -0.776. The van der Waals surface area contributed by atoms with Crippen molar-refractivity contribution in [3.8, 4) is 11.8 Å². The number of aromatic nitrogens is 1. The van der Waals surface area contributed by atoms with Crippen molar-refractivity contribution in [3.05, 3.63) is 85.9 Å².